The summed E-state index contributed by atoms with van der Waals surface area (Å²) in [6.07, 6.45) is 2.67. The molecule has 3 saturated heterocycles. The van der Waals surface area contributed by atoms with E-state index in [9.17, 15) is 0 Å². The van der Waals surface area contributed by atoms with E-state index >= 15 is 0 Å². The van der Waals surface area contributed by atoms with E-state index in [2.05, 4.69) is 10.1 Å². The molecule has 3 aliphatic rings. The van der Waals surface area contributed by atoms with Crippen LogP contribution < -0.4 is 4.74 Å². The van der Waals surface area contributed by atoms with Crippen LogP contribution in [-0.2, 0) is 0 Å². The number of aryl methyl sites for hydroxylation is 1. The summed E-state index contributed by atoms with van der Waals surface area (Å²) in [4.78, 5) is 2.44. The van der Waals surface area contributed by atoms with Gasteiger partial charge in [-0.1, -0.05) is 11.6 Å². The number of halogens is 1. The van der Waals surface area contributed by atoms with Crippen LogP contribution in [0.4, 0.5) is 0 Å². The summed E-state index contributed by atoms with van der Waals surface area (Å²) >= 11 is 6.04. The quantitative estimate of drug-likeness (QED) is 0.796. The first-order valence-corrected chi connectivity index (χ1v) is 6.12. The van der Waals surface area contributed by atoms with Crippen molar-refractivity contribution in [1.29, 1.82) is 0 Å². The van der Waals surface area contributed by atoms with Crippen molar-refractivity contribution in [2.75, 3.05) is 19.6 Å². The van der Waals surface area contributed by atoms with Crippen LogP contribution in [0.1, 0.15) is 18.6 Å². The maximum atomic E-state index is 6.04. The highest BCUT2D eigenvalue weighted by atomic mass is 35.5. The van der Waals surface area contributed by atoms with Gasteiger partial charge in [-0.2, -0.15) is 0 Å². The van der Waals surface area contributed by atoms with Crippen LogP contribution in [0.25, 0.3) is 0 Å². The average molecular weight is 243 g/mol. The van der Waals surface area contributed by atoms with Gasteiger partial charge >= 0.3 is 0 Å². The summed E-state index contributed by atoms with van der Waals surface area (Å²) in [6, 6.07) is 0. The Labute approximate surface area is 99.5 Å². The molecule has 3 fully saturated rings. The monoisotopic (exact) mass is 242 g/mol. The summed E-state index contributed by atoms with van der Waals surface area (Å²) in [6.45, 7) is 5.19. The van der Waals surface area contributed by atoms with Gasteiger partial charge in [-0.3, -0.25) is 4.90 Å². The first kappa shape index (κ1) is 10.4. The number of fused-ring (bicyclic) bond motifs is 3. The molecule has 5 heteroatoms. The van der Waals surface area contributed by atoms with E-state index in [4.69, 9.17) is 20.9 Å². The predicted molar refractivity (Wildman–Crippen MR) is 59.8 cm³/mol. The Morgan fingerprint density at radius 1 is 1.44 bits per heavy atom. The molecular formula is C11H15ClN2O2. The smallest absolute Gasteiger partial charge is 0.273 e. The Kier molecular flexibility index (Phi) is 2.56. The standard InChI is InChI=1S/C11H15ClN2O2/c1-7-10(12)11(13-16-7)15-9-6-14-4-2-8(9)3-5-14/h8-9H,2-6H2,1H3. The SMILES string of the molecule is Cc1onc(OC2CN3CCC2CC3)c1Cl. The molecule has 4 heterocycles. The Morgan fingerprint density at radius 2 is 2.19 bits per heavy atom. The summed E-state index contributed by atoms with van der Waals surface area (Å²) in [5, 5.41) is 4.36. The first-order chi connectivity index (χ1) is 7.74. The fourth-order valence-electron chi connectivity index (χ4n) is 2.60. The third kappa shape index (κ3) is 1.70. The minimum absolute atomic E-state index is 0.226. The topological polar surface area (TPSA) is 38.5 Å². The minimum Gasteiger partial charge on any atom is -0.469 e. The lowest BCUT2D eigenvalue weighted by Crippen LogP contribution is -2.52. The van der Waals surface area contributed by atoms with Gasteiger partial charge in [-0.25, -0.2) is 0 Å². The molecule has 1 atom stereocenters. The van der Waals surface area contributed by atoms with Crippen LogP contribution in [0.5, 0.6) is 5.88 Å². The summed E-state index contributed by atoms with van der Waals surface area (Å²) < 4.78 is 10.9. The second kappa shape index (κ2) is 3.93. The van der Waals surface area contributed by atoms with Gasteiger partial charge in [0.2, 0.25) is 0 Å². The van der Waals surface area contributed by atoms with Crippen LogP contribution in [0.2, 0.25) is 5.02 Å². The molecule has 0 radical (unpaired) electrons. The van der Waals surface area contributed by atoms with Crippen molar-refractivity contribution in [3.63, 3.8) is 0 Å². The second-order valence-electron chi connectivity index (χ2n) is 4.65. The van der Waals surface area contributed by atoms with Crippen molar-refractivity contribution in [3.05, 3.63) is 10.8 Å². The van der Waals surface area contributed by atoms with Crippen molar-refractivity contribution in [1.82, 2.24) is 10.1 Å². The third-order valence-corrected chi connectivity index (χ3v) is 4.05. The van der Waals surface area contributed by atoms with Gasteiger partial charge in [0, 0.05) is 6.54 Å². The molecule has 4 rings (SSSR count). The predicted octanol–water partition coefficient (Wildman–Crippen LogP) is 2.11. The number of aromatic nitrogens is 1. The Morgan fingerprint density at radius 3 is 2.69 bits per heavy atom. The zero-order chi connectivity index (χ0) is 11.1. The summed E-state index contributed by atoms with van der Waals surface area (Å²) in [7, 11) is 0. The number of piperidine rings is 3. The lowest BCUT2D eigenvalue weighted by Gasteiger charge is -2.43. The van der Waals surface area contributed by atoms with E-state index in [-0.39, 0.29) is 6.10 Å². The van der Waals surface area contributed by atoms with Gasteiger partial charge in [-0.05, 0) is 43.9 Å². The van der Waals surface area contributed by atoms with Crippen LogP contribution in [0.15, 0.2) is 4.52 Å². The highest BCUT2D eigenvalue weighted by Crippen LogP contribution is 2.33. The number of hydrogen-bond acceptors (Lipinski definition) is 4. The molecule has 0 saturated carbocycles. The van der Waals surface area contributed by atoms with Crippen LogP contribution in [0.3, 0.4) is 0 Å². The molecular weight excluding hydrogens is 228 g/mol. The van der Waals surface area contributed by atoms with E-state index in [1.807, 2.05) is 0 Å². The molecule has 16 heavy (non-hydrogen) atoms. The number of rotatable bonds is 2. The largest absolute Gasteiger partial charge is 0.469 e. The molecule has 0 aliphatic carbocycles. The molecule has 0 spiro atoms. The highest BCUT2D eigenvalue weighted by molar-refractivity contribution is 6.32. The van der Waals surface area contributed by atoms with Crippen molar-refractivity contribution in [3.8, 4) is 5.88 Å². The fourth-order valence-corrected chi connectivity index (χ4v) is 2.72. The molecule has 88 valence electrons. The summed E-state index contributed by atoms with van der Waals surface area (Å²) in [5.41, 5.74) is 0. The summed E-state index contributed by atoms with van der Waals surface area (Å²) in [5.74, 6) is 1.73. The first-order valence-electron chi connectivity index (χ1n) is 5.75. The molecule has 1 aromatic rings. The molecule has 2 bridgehead atoms. The van der Waals surface area contributed by atoms with E-state index < -0.39 is 0 Å². The van der Waals surface area contributed by atoms with Gasteiger partial charge in [0.05, 0.1) is 0 Å². The molecule has 4 nitrogen and oxygen atoms in total. The van der Waals surface area contributed by atoms with Crippen molar-refractivity contribution in [2.45, 2.75) is 25.9 Å². The number of ether oxygens (including phenoxy) is 1. The lowest BCUT2D eigenvalue weighted by molar-refractivity contribution is -0.0113. The third-order valence-electron chi connectivity index (χ3n) is 3.62. The van der Waals surface area contributed by atoms with Crippen LogP contribution in [-0.4, -0.2) is 35.8 Å². The highest BCUT2D eigenvalue weighted by Gasteiger charge is 2.36. The van der Waals surface area contributed by atoms with Crippen LogP contribution in [0, 0.1) is 12.8 Å². The van der Waals surface area contributed by atoms with Crippen LogP contribution >= 0.6 is 11.6 Å². The number of nitrogens with zero attached hydrogens (tertiary/aromatic N) is 2. The fraction of sp³-hybridized carbons (Fsp3) is 0.727. The maximum Gasteiger partial charge on any atom is 0.273 e. The molecule has 0 aromatic carbocycles. The minimum atomic E-state index is 0.226. The van der Waals surface area contributed by atoms with Crippen molar-refractivity contribution < 1.29 is 9.26 Å². The normalized spacial score (nSPS) is 33.0. The van der Waals surface area contributed by atoms with Gasteiger partial charge in [0.1, 0.15) is 11.1 Å². The molecule has 0 amide bonds. The van der Waals surface area contributed by atoms with Gasteiger partial charge in [-0.15, -0.1) is 0 Å². The molecule has 1 aromatic heterocycles. The zero-order valence-corrected chi connectivity index (χ0v) is 10.0. The maximum absolute atomic E-state index is 6.04. The Balaban J connectivity index is 1.73. The Hall–Kier alpha value is -0.740. The zero-order valence-electron chi connectivity index (χ0n) is 9.28. The van der Waals surface area contributed by atoms with Gasteiger partial charge < -0.3 is 9.26 Å². The molecule has 1 unspecified atom stereocenters. The molecule has 3 aliphatic heterocycles. The van der Waals surface area contributed by atoms with Gasteiger partial charge in [0.25, 0.3) is 5.88 Å². The Bertz CT molecular complexity index is 385. The van der Waals surface area contributed by atoms with Gasteiger partial charge in [0.15, 0.2) is 5.76 Å². The van der Waals surface area contributed by atoms with E-state index in [0.717, 1.165) is 6.54 Å². The van der Waals surface area contributed by atoms with E-state index in [0.29, 0.717) is 22.6 Å². The molecule has 0 N–H and O–H groups in total. The van der Waals surface area contributed by atoms with Crippen molar-refractivity contribution in [2.24, 2.45) is 5.92 Å². The average Bonchev–Trinajstić information content (AvgIpc) is 2.63. The van der Waals surface area contributed by atoms with E-state index in [1.165, 1.54) is 25.9 Å². The lowest BCUT2D eigenvalue weighted by atomic mass is 9.86. The number of hydrogen-bond donors (Lipinski definition) is 0. The van der Waals surface area contributed by atoms with Crippen molar-refractivity contribution >= 4 is 11.6 Å². The van der Waals surface area contributed by atoms with E-state index in [1.54, 1.807) is 6.92 Å². The second-order valence-corrected chi connectivity index (χ2v) is 5.03.